The van der Waals surface area contributed by atoms with Gasteiger partial charge in [-0.15, -0.1) is 10.2 Å². The van der Waals surface area contributed by atoms with E-state index in [4.69, 9.17) is 10.5 Å². The molecular formula is C12H16N4O. The third-order valence-corrected chi connectivity index (χ3v) is 2.64. The number of hydrogen-bond acceptors (Lipinski definition) is 4. The van der Waals surface area contributed by atoms with Gasteiger partial charge in [-0.2, -0.15) is 0 Å². The minimum absolute atomic E-state index is 0.638. The monoisotopic (exact) mass is 232 g/mol. The van der Waals surface area contributed by atoms with E-state index in [0.717, 1.165) is 29.2 Å². The molecule has 0 atom stereocenters. The van der Waals surface area contributed by atoms with Crippen LogP contribution in [0, 0.1) is 6.92 Å². The van der Waals surface area contributed by atoms with Gasteiger partial charge in [0.25, 0.3) is 0 Å². The fourth-order valence-corrected chi connectivity index (χ4v) is 1.75. The van der Waals surface area contributed by atoms with E-state index in [-0.39, 0.29) is 0 Å². The first-order valence-corrected chi connectivity index (χ1v) is 5.45. The predicted octanol–water partition coefficient (Wildman–Crippen LogP) is 1.48. The fraction of sp³-hybridized carbons (Fsp3) is 0.333. The Morgan fingerprint density at radius 2 is 2.24 bits per heavy atom. The molecule has 0 aliphatic rings. The Hall–Kier alpha value is -1.88. The summed E-state index contributed by atoms with van der Waals surface area (Å²) in [7, 11) is 1.68. The normalized spacial score (nSPS) is 10.7. The van der Waals surface area contributed by atoms with Gasteiger partial charge in [0.1, 0.15) is 6.33 Å². The second-order valence-corrected chi connectivity index (χ2v) is 3.92. The molecule has 0 bridgehead atoms. The number of nitrogens with zero attached hydrogens (tertiary/aromatic N) is 3. The Labute approximate surface area is 100 Å². The summed E-state index contributed by atoms with van der Waals surface area (Å²) in [6, 6.07) is 5.78. The summed E-state index contributed by atoms with van der Waals surface area (Å²) in [6.45, 7) is 3.39. The van der Waals surface area contributed by atoms with Crippen LogP contribution in [-0.2, 0) is 11.3 Å². The topological polar surface area (TPSA) is 66.0 Å². The van der Waals surface area contributed by atoms with E-state index in [2.05, 4.69) is 10.2 Å². The van der Waals surface area contributed by atoms with E-state index in [9.17, 15) is 0 Å². The Morgan fingerprint density at radius 1 is 1.41 bits per heavy atom. The van der Waals surface area contributed by atoms with Crippen LogP contribution in [0.25, 0.3) is 11.4 Å². The zero-order chi connectivity index (χ0) is 12.3. The largest absolute Gasteiger partial charge is 0.399 e. The number of ether oxygens (including phenoxy) is 1. The minimum atomic E-state index is 0.638. The standard InChI is InChI=1S/C12H16N4O/c1-9-7-10(13)3-4-11(9)12-15-14-8-16(12)5-6-17-2/h3-4,7-8H,5-6,13H2,1-2H3. The van der Waals surface area contributed by atoms with Crippen molar-refractivity contribution in [2.75, 3.05) is 19.5 Å². The maximum absolute atomic E-state index is 5.74. The lowest BCUT2D eigenvalue weighted by Gasteiger charge is -2.08. The van der Waals surface area contributed by atoms with E-state index in [1.807, 2.05) is 29.7 Å². The van der Waals surface area contributed by atoms with Crippen molar-refractivity contribution in [3.8, 4) is 11.4 Å². The molecule has 5 nitrogen and oxygen atoms in total. The van der Waals surface area contributed by atoms with Gasteiger partial charge >= 0.3 is 0 Å². The number of aromatic nitrogens is 3. The molecule has 2 rings (SSSR count). The van der Waals surface area contributed by atoms with Gasteiger partial charge in [0.15, 0.2) is 5.82 Å². The molecule has 1 heterocycles. The van der Waals surface area contributed by atoms with Crippen LogP contribution in [0.2, 0.25) is 0 Å². The first-order valence-electron chi connectivity index (χ1n) is 5.45. The smallest absolute Gasteiger partial charge is 0.164 e. The Morgan fingerprint density at radius 3 is 2.94 bits per heavy atom. The summed E-state index contributed by atoms with van der Waals surface area (Å²) >= 11 is 0. The highest BCUT2D eigenvalue weighted by Crippen LogP contribution is 2.22. The third-order valence-electron chi connectivity index (χ3n) is 2.64. The lowest BCUT2D eigenvalue weighted by molar-refractivity contribution is 0.187. The maximum Gasteiger partial charge on any atom is 0.164 e. The van der Waals surface area contributed by atoms with Gasteiger partial charge in [-0.05, 0) is 30.7 Å². The summed E-state index contributed by atoms with van der Waals surface area (Å²) in [4.78, 5) is 0. The fourth-order valence-electron chi connectivity index (χ4n) is 1.75. The van der Waals surface area contributed by atoms with Crippen molar-refractivity contribution in [3.05, 3.63) is 30.1 Å². The average Bonchev–Trinajstić information content (AvgIpc) is 2.74. The molecule has 0 unspecified atom stereocenters. The van der Waals surface area contributed by atoms with Crippen LogP contribution >= 0.6 is 0 Å². The van der Waals surface area contributed by atoms with Crippen LogP contribution in [0.5, 0.6) is 0 Å². The first kappa shape index (κ1) is 11.6. The van der Waals surface area contributed by atoms with Crippen LogP contribution in [0.4, 0.5) is 5.69 Å². The van der Waals surface area contributed by atoms with Crippen LogP contribution in [0.1, 0.15) is 5.56 Å². The highest BCUT2D eigenvalue weighted by atomic mass is 16.5. The van der Waals surface area contributed by atoms with Gasteiger partial charge in [-0.3, -0.25) is 0 Å². The molecule has 0 saturated heterocycles. The molecule has 17 heavy (non-hydrogen) atoms. The highest BCUT2D eigenvalue weighted by molar-refractivity contribution is 5.63. The van der Waals surface area contributed by atoms with E-state index >= 15 is 0 Å². The molecule has 0 fully saturated rings. The quantitative estimate of drug-likeness (QED) is 0.811. The van der Waals surface area contributed by atoms with Crippen molar-refractivity contribution >= 4 is 5.69 Å². The summed E-state index contributed by atoms with van der Waals surface area (Å²) < 4.78 is 7.03. The molecule has 90 valence electrons. The summed E-state index contributed by atoms with van der Waals surface area (Å²) in [5.74, 6) is 0.847. The molecule has 2 aromatic rings. The number of nitrogen functional groups attached to an aromatic ring is 1. The van der Waals surface area contributed by atoms with Crippen molar-refractivity contribution in [2.45, 2.75) is 13.5 Å². The molecule has 0 radical (unpaired) electrons. The lowest BCUT2D eigenvalue weighted by atomic mass is 10.1. The van der Waals surface area contributed by atoms with Crippen molar-refractivity contribution in [1.82, 2.24) is 14.8 Å². The molecular weight excluding hydrogens is 216 g/mol. The molecule has 2 N–H and O–H groups in total. The van der Waals surface area contributed by atoms with E-state index in [1.165, 1.54) is 0 Å². The van der Waals surface area contributed by atoms with Crippen LogP contribution in [0.15, 0.2) is 24.5 Å². The number of aryl methyl sites for hydroxylation is 1. The van der Waals surface area contributed by atoms with Gasteiger partial charge in [0, 0.05) is 24.9 Å². The molecule has 5 heteroatoms. The molecule has 0 saturated carbocycles. The Balaban J connectivity index is 2.35. The predicted molar refractivity (Wildman–Crippen MR) is 66.5 cm³/mol. The van der Waals surface area contributed by atoms with Crippen molar-refractivity contribution in [2.24, 2.45) is 0 Å². The van der Waals surface area contributed by atoms with Crippen molar-refractivity contribution in [3.63, 3.8) is 0 Å². The van der Waals surface area contributed by atoms with Crippen molar-refractivity contribution in [1.29, 1.82) is 0 Å². The maximum atomic E-state index is 5.74. The lowest BCUT2D eigenvalue weighted by Crippen LogP contribution is -2.05. The molecule has 0 spiro atoms. The van der Waals surface area contributed by atoms with Gasteiger partial charge in [-0.1, -0.05) is 0 Å². The van der Waals surface area contributed by atoms with Crippen LogP contribution in [0.3, 0.4) is 0 Å². The van der Waals surface area contributed by atoms with Crippen molar-refractivity contribution < 1.29 is 4.74 Å². The number of benzene rings is 1. The summed E-state index contributed by atoms with van der Waals surface area (Å²) in [5, 5.41) is 8.09. The molecule has 0 aliphatic carbocycles. The molecule has 0 aliphatic heterocycles. The van der Waals surface area contributed by atoms with Gasteiger partial charge < -0.3 is 15.0 Å². The van der Waals surface area contributed by atoms with Gasteiger partial charge in [0.2, 0.25) is 0 Å². The Bertz CT molecular complexity index is 507. The molecule has 1 aromatic carbocycles. The number of hydrogen-bond donors (Lipinski definition) is 1. The second kappa shape index (κ2) is 4.97. The SMILES string of the molecule is COCCn1cnnc1-c1ccc(N)cc1C. The third kappa shape index (κ3) is 2.45. The number of methoxy groups -OCH3 is 1. The highest BCUT2D eigenvalue weighted by Gasteiger charge is 2.09. The number of rotatable bonds is 4. The first-order chi connectivity index (χ1) is 8.22. The number of nitrogens with two attached hydrogens (primary N) is 1. The molecule has 1 aromatic heterocycles. The van der Waals surface area contributed by atoms with Gasteiger partial charge in [-0.25, -0.2) is 0 Å². The molecule has 0 amide bonds. The van der Waals surface area contributed by atoms with E-state index < -0.39 is 0 Å². The van der Waals surface area contributed by atoms with E-state index in [1.54, 1.807) is 13.4 Å². The van der Waals surface area contributed by atoms with Gasteiger partial charge in [0.05, 0.1) is 6.61 Å². The summed E-state index contributed by atoms with van der Waals surface area (Å²) in [5.41, 5.74) is 8.64. The van der Waals surface area contributed by atoms with E-state index in [0.29, 0.717) is 6.61 Å². The Kier molecular flexibility index (Phi) is 3.39. The average molecular weight is 232 g/mol. The number of anilines is 1. The zero-order valence-corrected chi connectivity index (χ0v) is 10.1. The zero-order valence-electron chi connectivity index (χ0n) is 10.1. The van der Waals surface area contributed by atoms with Crippen LogP contribution < -0.4 is 5.73 Å². The van der Waals surface area contributed by atoms with Crippen LogP contribution in [-0.4, -0.2) is 28.5 Å². The minimum Gasteiger partial charge on any atom is -0.399 e. The second-order valence-electron chi connectivity index (χ2n) is 3.92. The summed E-state index contributed by atoms with van der Waals surface area (Å²) in [6.07, 6.45) is 1.71.